The fraction of sp³-hybridized carbons (Fsp3) is 0.143. The topological polar surface area (TPSA) is 72.2 Å². The minimum Gasteiger partial charge on any atom is -0.326 e. The Morgan fingerprint density at radius 3 is 2.62 bits per heavy atom. The van der Waals surface area contributed by atoms with Crippen LogP contribution in [-0.4, -0.2) is 8.42 Å². The molecule has 0 radical (unpaired) electrons. The second-order valence-electron chi connectivity index (χ2n) is 4.51. The van der Waals surface area contributed by atoms with Crippen molar-refractivity contribution in [2.24, 2.45) is 5.73 Å². The number of rotatable bonds is 4. The highest BCUT2D eigenvalue weighted by Crippen LogP contribution is 2.26. The Labute approximate surface area is 142 Å². The third kappa shape index (κ3) is 3.88. The third-order valence-electron chi connectivity index (χ3n) is 3.02. The van der Waals surface area contributed by atoms with Gasteiger partial charge in [-0.2, -0.15) is 0 Å². The van der Waals surface area contributed by atoms with E-state index in [9.17, 15) is 8.42 Å². The fourth-order valence-corrected chi connectivity index (χ4v) is 4.17. The fourth-order valence-electron chi connectivity index (χ4n) is 1.96. The number of anilines is 1. The molecule has 0 heterocycles. The number of hydrogen-bond acceptors (Lipinski definition) is 3. The summed E-state index contributed by atoms with van der Waals surface area (Å²) in [5.41, 5.74) is 7.46. The van der Waals surface area contributed by atoms with Gasteiger partial charge in [-0.3, -0.25) is 4.72 Å². The molecule has 21 heavy (non-hydrogen) atoms. The number of hydrogen-bond donors (Lipinski definition) is 2. The predicted molar refractivity (Wildman–Crippen MR) is 94.0 cm³/mol. The first-order valence-electron chi connectivity index (χ1n) is 6.11. The molecule has 112 valence electrons. The summed E-state index contributed by atoms with van der Waals surface area (Å²) in [6, 6.07) is 10.2. The molecule has 0 unspecified atom stereocenters. The Morgan fingerprint density at radius 2 is 2.00 bits per heavy atom. The van der Waals surface area contributed by atoms with Crippen molar-refractivity contribution in [1.82, 2.24) is 0 Å². The van der Waals surface area contributed by atoms with Crippen LogP contribution in [0.2, 0.25) is 5.02 Å². The maximum atomic E-state index is 12.5. The Kier molecular flexibility index (Phi) is 5.13. The molecule has 0 aromatic heterocycles. The van der Waals surface area contributed by atoms with Gasteiger partial charge in [0.2, 0.25) is 0 Å². The highest BCUT2D eigenvalue weighted by Gasteiger charge is 2.19. The Bertz CT molecular complexity index is 779. The summed E-state index contributed by atoms with van der Waals surface area (Å²) >= 11 is 8.11. The van der Waals surface area contributed by atoms with E-state index in [1.54, 1.807) is 31.2 Å². The first-order valence-corrected chi connectivity index (χ1v) is 9.05. The average Bonchev–Trinajstić information content (AvgIpc) is 2.40. The van der Waals surface area contributed by atoms with Crippen LogP contribution in [0.25, 0.3) is 0 Å². The van der Waals surface area contributed by atoms with Gasteiger partial charge in [-0.25, -0.2) is 8.42 Å². The molecule has 0 aliphatic carbocycles. The highest BCUT2D eigenvalue weighted by molar-refractivity contribution is 14.1. The molecular formula is C14H14ClIN2O2S. The van der Waals surface area contributed by atoms with Crippen molar-refractivity contribution in [2.45, 2.75) is 18.4 Å². The lowest BCUT2D eigenvalue weighted by molar-refractivity contribution is 0.600. The van der Waals surface area contributed by atoms with Crippen LogP contribution < -0.4 is 10.5 Å². The van der Waals surface area contributed by atoms with Crippen LogP contribution >= 0.6 is 34.2 Å². The van der Waals surface area contributed by atoms with E-state index in [1.807, 2.05) is 6.07 Å². The molecule has 3 N–H and O–H groups in total. The molecule has 0 saturated carbocycles. The second kappa shape index (κ2) is 6.51. The van der Waals surface area contributed by atoms with Crippen LogP contribution in [-0.2, 0) is 16.6 Å². The summed E-state index contributed by atoms with van der Waals surface area (Å²) in [6.45, 7) is 1.96. The normalized spacial score (nSPS) is 11.4. The molecule has 0 bridgehead atoms. The average molecular weight is 437 g/mol. The number of benzene rings is 2. The van der Waals surface area contributed by atoms with Gasteiger partial charge in [-0.15, -0.1) is 0 Å². The number of halogens is 2. The maximum absolute atomic E-state index is 12.5. The molecule has 0 spiro atoms. The van der Waals surface area contributed by atoms with Gasteiger partial charge in [0.1, 0.15) is 0 Å². The second-order valence-corrected chi connectivity index (χ2v) is 7.84. The molecule has 0 amide bonds. The Morgan fingerprint density at radius 1 is 1.29 bits per heavy atom. The highest BCUT2D eigenvalue weighted by atomic mass is 127. The van der Waals surface area contributed by atoms with E-state index in [0.717, 1.165) is 3.57 Å². The lowest BCUT2D eigenvalue weighted by Crippen LogP contribution is -2.16. The van der Waals surface area contributed by atoms with E-state index in [2.05, 4.69) is 27.3 Å². The summed E-state index contributed by atoms with van der Waals surface area (Å²) in [4.78, 5) is 0.148. The van der Waals surface area contributed by atoms with Crippen LogP contribution in [0.4, 0.5) is 5.69 Å². The minimum absolute atomic E-state index is 0.148. The van der Waals surface area contributed by atoms with E-state index in [-0.39, 0.29) is 11.4 Å². The SMILES string of the molecule is Cc1c(CN)cc(Cl)cc1S(=O)(=O)Nc1cccc(I)c1. The Hall–Kier alpha value is -0.830. The van der Waals surface area contributed by atoms with Crippen molar-refractivity contribution >= 4 is 49.9 Å². The lowest BCUT2D eigenvalue weighted by Gasteiger charge is -2.13. The van der Waals surface area contributed by atoms with Crippen molar-refractivity contribution < 1.29 is 8.42 Å². The van der Waals surface area contributed by atoms with Crippen molar-refractivity contribution in [1.29, 1.82) is 0 Å². The van der Waals surface area contributed by atoms with Gasteiger partial charge < -0.3 is 5.73 Å². The molecule has 7 heteroatoms. The van der Waals surface area contributed by atoms with E-state index >= 15 is 0 Å². The van der Waals surface area contributed by atoms with E-state index in [1.165, 1.54) is 6.07 Å². The van der Waals surface area contributed by atoms with Crippen LogP contribution in [0.3, 0.4) is 0 Å². The molecule has 0 atom stereocenters. The molecule has 2 aromatic rings. The minimum atomic E-state index is -3.71. The van der Waals surface area contributed by atoms with E-state index in [0.29, 0.717) is 21.8 Å². The van der Waals surface area contributed by atoms with Crippen LogP contribution in [0.5, 0.6) is 0 Å². The Balaban J connectivity index is 2.47. The van der Waals surface area contributed by atoms with Gasteiger partial charge in [0.05, 0.1) is 4.90 Å². The van der Waals surface area contributed by atoms with Crippen molar-refractivity contribution in [3.8, 4) is 0 Å². The zero-order valence-corrected chi connectivity index (χ0v) is 15.0. The summed E-state index contributed by atoms with van der Waals surface area (Å²) in [7, 11) is -3.71. The largest absolute Gasteiger partial charge is 0.326 e. The van der Waals surface area contributed by atoms with Gasteiger partial charge in [-0.05, 0) is 71.0 Å². The first kappa shape index (κ1) is 16.5. The molecule has 0 fully saturated rings. The summed E-state index contributed by atoms with van der Waals surface area (Å²) in [5, 5.41) is 0.351. The van der Waals surface area contributed by atoms with Crippen molar-refractivity contribution in [2.75, 3.05) is 4.72 Å². The van der Waals surface area contributed by atoms with Crippen molar-refractivity contribution in [3.63, 3.8) is 0 Å². The van der Waals surface area contributed by atoms with Crippen molar-refractivity contribution in [3.05, 3.63) is 56.1 Å². The van der Waals surface area contributed by atoms with E-state index in [4.69, 9.17) is 17.3 Å². The zero-order valence-electron chi connectivity index (χ0n) is 11.2. The van der Waals surface area contributed by atoms with Crippen LogP contribution in [0.1, 0.15) is 11.1 Å². The number of nitrogens with two attached hydrogens (primary N) is 1. The number of nitrogens with one attached hydrogen (secondary N) is 1. The predicted octanol–water partition coefficient (Wildman–Crippen LogP) is 3.51. The molecule has 0 saturated heterocycles. The van der Waals surface area contributed by atoms with Gasteiger partial charge in [0, 0.05) is 20.8 Å². The third-order valence-corrected chi connectivity index (χ3v) is 5.42. The summed E-state index contributed by atoms with van der Waals surface area (Å²) < 4.78 is 28.6. The van der Waals surface area contributed by atoms with Gasteiger partial charge in [-0.1, -0.05) is 17.7 Å². The molecule has 2 rings (SSSR count). The first-order chi connectivity index (χ1) is 9.83. The molecule has 4 nitrogen and oxygen atoms in total. The monoisotopic (exact) mass is 436 g/mol. The summed E-state index contributed by atoms with van der Waals surface area (Å²) in [5.74, 6) is 0. The van der Waals surface area contributed by atoms with Gasteiger partial charge in [0.25, 0.3) is 10.0 Å². The molecule has 2 aromatic carbocycles. The van der Waals surface area contributed by atoms with Crippen LogP contribution in [0.15, 0.2) is 41.3 Å². The maximum Gasteiger partial charge on any atom is 0.262 e. The lowest BCUT2D eigenvalue weighted by atomic mass is 10.1. The zero-order chi connectivity index (χ0) is 15.6. The summed E-state index contributed by atoms with van der Waals surface area (Å²) in [6.07, 6.45) is 0. The standard InChI is InChI=1S/C14H14ClIN2O2S/c1-9-10(8-17)5-11(15)6-14(9)21(19,20)18-13-4-2-3-12(16)7-13/h2-7,18H,8,17H2,1H3. The molecule has 0 aliphatic rings. The van der Waals surface area contributed by atoms with Gasteiger partial charge in [0.15, 0.2) is 0 Å². The quantitative estimate of drug-likeness (QED) is 0.721. The molecule has 0 aliphatic heterocycles. The van der Waals surface area contributed by atoms with E-state index < -0.39 is 10.0 Å². The van der Waals surface area contributed by atoms with Gasteiger partial charge >= 0.3 is 0 Å². The smallest absolute Gasteiger partial charge is 0.262 e. The van der Waals surface area contributed by atoms with Crippen LogP contribution in [0, 0.1) is 10.5 Å². The number of sulfonamides is 1. The molecular weight excluding hydrogens is 423 g/mol.